The molecule has 90 valence electrons. The maximum absolute atomic E-state index is 12.1. The molecule has 0 N–H and O–H groups in total. The summed E-state index contributed by atoms with van der Waals surface area (Å²) in [5, 5.41) is 8.66. The first-order valence-electron chi connectivity index (χ1n) is 5.14. The number of hydrogen-bond acceptors (Lipinski definition) is 2. The zero-order valence-corrected chi connectivity index (χ0v) is 10.7. The van der Waals surface area contributed by atoms with E-state index in [4.69, 9.17) is 28.5 Å². The molecule has 0 saturated heterocycles. The number of hydrogen-bond donors (Lipinski definition) is 0. The minimum absolute atomic E-state index is 0.115. The van der Waals surface area contributed by atoms with Crippen LogP contribution >= 0.6 is 23.2 Å². The molecule has 0 aliphatic carbocycles. The highest BCUT2D eigenvalue weighted by atomic mass is 35.5. The van der Waals surface area contributed by atoms with Crippen LogP contribution in [-0.4, -0.2) is 35.7 Å². The van der Waals surface area contributed by atoms with Crippen molar-refractivity contribution in [3.8, 4) is 6.07 Å². The van der Waals surface area contributed by atoms with Gasteiger partial charge in [0.1, 0.15) is 0 Å². The van der Waals surface area contributed by atoms with Gasteiger partial charge in [-0.25, -0.2) is 0 Å². The fourth-order valence-electron chi connectivity index (χ4n) is 1.39. The first-order chi connectivity index (χ1) is 8.22. The van der Waals surface area contributed by atoms with Crippen LogP contribution in [-0.2, 0) is 0 Å². The van der Waals surface area contributed by atoms with Crippen LogP contribution < -0.4 is 0 Å². The van der Waals surface area contributed by atoms with Gasteiger partial charge >= 0.3 is 0 Å². The third-order valence-corrected chi connectivity index (χ3v) is 2.60. The van der Waals surface area contributed by atoms with Gasteiger partial charge in [0.2, 0.25) is 0 Å². The SMILES string of the molecule is N#Cc1ccc(C(=O)N(CCCl)CCCl)cc1. The van der Waals surface area contributed by atoms with E-state index >= 15 is 0 Å². The Kier molecular flexibility index (Phi) is 5.82. The van der Waals surface area contributed by atoms with E-state index in [9.17, 15) is 4.79 Å². The summed E-state index contributed by atoms with van der Waals surface area (Å²) >= 11 is 11.3. The number of carbonyl (C=O) groups is 1. The van der Waals surface area contributed by atoms with Crippen molar-refractivity contribution in [1.82, 2.24) is 4.90 Å². The van der Waals surface area contributed by atoms with Gasteiger partial charge in [0.15, 0.2) is 0 Å². The van der Waals surface area contributed by atoms with Crippen LogP contribution in [0.5, 0.6) is 0 Å². The monoisotopic (exact) mass is 270 g/mol. The highest BCUT2D eigenvalue weighted by Crippen LogP contribution is 2.07. The number of nitrogens with zero attached hydrogens (tertiary/aromatic N) is 2. The highest BCUT2D eigenvalue weighted by Gasteiger charge is 2.14. The quantitative estimate of drug-likeness (QED) is 0.772. The second-order valence-electron chi connectivity index (χ2n) is 3.36. The largest absolute Gasteiger partial charge is 0.336 e. The van der Waals surface area contributed by atoms with Crippen LogP contribution in [0.4, 0.5) is 0 Å². The molecule has 1 aromatic rings. The molecule has 0 aliphatic heterocycles. The van der Waals surface area contributed by atoms with E-state index in [0.717, 1.165) is 0 Å². The molecule has 17 heavy (non-hydrogen) atoms. The molecule has 0 unspecified atom stereocenters. The molecule has 0 aromatic heterocycles. The maximum atomic E-state index is 12.1. The number of halogens is 2. The van der Waals surface area contributed by atoms with E-state index in [0.29, 0.717) is 36.0 Å². The summed E-state index contributed by atoms with van der Waals surface area (Å²) in [6.07, 6.45) is 0. The van der Waals surface area contributed by atoms with Crippen molar-refractivity contribution >= 4 is 29.1 Å². The van der Waals surface area contributed by atoms with Crippen LogP contribution in [0.2, 0.25) is 0 Å². The Morgan fingerprint density at radius 2 is 1.71 bits per heavy atom. The van der Waals surface area contributed by atoms with Crippen molar-refractivity contribution in [1.29, 1.82) is 5.26 Å². The standard InChI is InChI=1S/C12H12Cl2N2O/c13-5-7-16(8-6-14)12(17)11-3-1-10(9-15)2-4-11/h1-4H,5-8H2. The Bertz CT molecular complexity index is 406. The first-order valence-corrected chi connectivity index (χ1v) is 6.21. The summed E-state index contributed by atoms with van der Waals surface area (Å²) < 4.78 is 0. The molecular formula is C12H12Cl2N2O. The van der Waals surface area contributed by atoms with Crippen molar-refractivity contribution in [2.24, 2.45) is 0 Å². The lowest BCUT2D eigenvalue weighted by atomic mass is 10.1. The van der Waals surface area contributed by atoms with Crippen molar-refractivity contribution in [3.63, 3.8) is 0 Å². The average molecular weight is 271 g/mol. The molecule has 1 amide bonds. The van der Waals surface area contributed by atoms with E-state index < -0.39 is 0 Å². The fraction of sp³-hybridized carbons (Fsp3) is 0.333. The third kappa shape index (κ3) is 3.92. The molecule has 0 bridgehead atoms. The molecule has 0 saturated carbocycles. The van der Waals surface area contributed by atoms with Gasteiger partial charge in [-0.2, -0.15) is 5.26 Å². The molecule has 0 fully saturated rings. The molecule has 3 nitrogen and oxygen atoms in total. The summed E-state index contributed by atoms with van der Waals surface area (Å²) in [7, 11) is 0. The summed E-state index contributed by atoms with van der Waals surface area (Å²) in [4.78, 5) is 13.6. The zero-order chi connectivity index (χ0) is 12.7. The Labute approximate surface area is 111 Å². The summed E-state index contributed by atoms with van der Waals surface area (Å²) in [6.45, 7) is 0.931. The minimum atomic E-state index is -0.115. The van der Waals surface area contributed by atoms with Gasteiger partial charge < -0.3 is 4.90 Å². The van der Waals surface area contributed by atoms with Gasteiger partial charge in [0.05, 0.1) is 11.6 Å². The number of rotatable bonds is 5. The van der Waals surface area contributed by atoms with Crippen molar-refractivity contribution < 1.29 is 4.79 Å². The molecule has 0 atom stereocenters. The summed E-state index contributed by atoms with van der Waals surface area (Å²) in [5.74, 6) is 0.633. The van der Waals surface area contributed by atoms with Crippen LogP contribution in [0.3, 0.4) is 0 Å². The molecule has 1 aromatic carbocycles. The second-order valence-corrected chi connectivity index (χ2v) is 4.12. The summed E-state index contributed by atoms with van der Waals surface area (Å²) in [5.41, 5.74) is 1.07. The predicted molar refractivity (Wildman–Crippen MR) is 68.5 cm³/mol. The van der Waals surface area contributed by atoms with Crippen LogP contribution in [0, 0.1) is 11.3 Å². The Hall–Kier alpha value is -1.24. The molecule has 0 aliphatic rings. The Morgan fingerprint density at radius 1 is 1.18 bits per heavy atom. The van der Waals surface area contributed by atoms with Crippen LogP contribution in [0.1, 0.15) is 15.9 Å². The minimum Gasteiger partial charge on any atom is -0.336 e. The van der Waals surface area contributed by atoms with E-state index in [1.165, 1.54) is 0 Å². The van der Waals surface area contributed by atoms with Crippen LogP contribution in [0.15, 0.2) is 24.3 Å². The van der Waals surface area contributed by atoms with Gasteiger partial charge in [-0.1, -0.05) is 0 Å². The van der Waals surface area contributed by atoms with E-state index in [-0.39, 0.29) is 5.91 Å². The van der Waals surface area contributed by atoms with Gasteiger partial charge in [-0.05, 0) is 24.3 Å². The van der Waals surface area contributed by atoms with Gasteiger partial charge in [-0.3, -0.25) is 4.79 Å². The summed E-state index contributed by atoms with van der Waals surface area (Å²) in [6, 6.07) is 8.51. The second kappa shape index (κ2) is 7.16. The molecule has 5 heteroatoms. The van der Waals surface area contributed by atoms with Crippen molar-refractivity contribution in [2.45, 2.75) is 0 Å². The van der Waals surface area contributed by atoms with Crippen molar-refractivity contribution in [3.05, 3.63) is 35.4 Å². The Balaban J connectivity index is 2.81. The molecule has 0 spiro atoms. The van der Waals surface area contributed by atoms with Crippen LogP contribution in [0.25, 0.3) is 0 Å². The number of benzene rings is 1. The normalized spacial score (nSPS) is 9.71. The van der Waals surface area contributed by atoms with E-state index in [1.807, 2.05) is 6.07 Å². The lowest BCUT2D eigenvalue weighted by Crippen LogP contribution is -2.34. The first kappa shape index (κ1) is 13.8. The number of amides is 1. The van der Waals surface area contributed by atoms with Gasteiger partial charge in [0, 0.05) is 30.4 Å². The molecule has 1 rings (SSSR count). The van der Waals surface area contributed by atoms with Crippen molar-refractivity contribution in [2.75, 3.05) is 24.8 Å². The average Bonchev–Trinajstić information content (AvgIpc) is 2.38. The van der Waals surface area contributed by atoms with Gasteiger partial charge in [-0.15, -0.1) is 23.2 Å². The number of nitriles is 1. The molecule has 0 heterocycles. The van der Waals surface area contributed by atoms with E-state index in [1.54, 1.807) is 29.2 Å². The maximum Gasteiger partial charge on any atom is 0.253 e. The fourth-order valence-corrected chi connectivity index (χ4v) is 1.80. The smallest absolute Gasteiger partial charge is 0.253 e. The Morgan fingerprint density at radius 3 is 2.12 bits per heavy atom. The van der Waals surface area contributed by atoms with E-state index in [2.05, 4.69) is 0 Å². The zero-order valence-electron chi connectivity index (χ0n) is 9.20. The predicted octanol–water partition coefficient (Wildman–Crippen LogP) is 2.48. The van der Waals surface area contributed by atoms with Gasteiger partial charge in [0.25, 0.3) is 5.91 Å². The third-order valence-electron chi connectivity index (χ3n) is 2.26. The number of carbonyl (C=O) groups excluding carboxylic acids is 1. The highest BCUT2D eigenvalue weighted by molar-refractivity contribution is 6.18. The number of alkyl halides is 2. The molecular weight excluding hydrogens is 259 g/mol. The topological polar surface area (TPSA) is 44.1 Å². The lowest BCUT2D eigenvalue weighted by Gasteiger charge is -2.20. The lowest BCUT2D eigenvalue weighted by molar-refractivity contribution is 0.0775. The molecule has 0 radical (unpaired) electrons.